The number of hydrogen-bond donors (Lipinski definition) is 3. The van der Waals surface area contributed by atoms with Crippen molar-refractivity contribution < 1.29 is 32.6 Å². The Morgan fingerprint density at radius 2 is 1.86 bits per heavy atom. The summed E-state index contributed by atoms with van der Waals surface area (Å²) in [6.07, 6.45) is 1.62. The molecule has 0 saturated carbocycles. The lowest BCUT2D eigenvalue weighted by Gasteiger charge is -2.35. The molecule has 1 aromatic heterocycles. The van der Waals surface area contributed by atoms with E-state index in [-0.39, 0.29) is 53.2 Å². The van der Waals surface area contributed by atoms with Gasteiger partial charge >= 0.3 is 6.03 Å². The van der Waals surface area contributed by atoms with Crippen molar-refractivity contribution >= 4 is 55.4 Å². The second kappa shape index (κ2) is 16.7. The zero-order chi connectivity index (χ0) is 35.8. The van der Waals surface area contributed by atoms with Gasteiger partial charge in [-0.25, -0.2) is 13.2 Å². The van der Waals surface area contributed by atoms with Crippen molar-refractivity contribution in [1.82, 2.24) is 9.80 Å². The van der Waals surface area contributed by atoms with Crippen LogP contribution in [0.4, 0.5) is 16.2 Å². The number of carbonyl (C=O) groups excluding carboxylic acids is 2. The molecule has 11 nitrogen and oxygen atoms in total. The van der Waals surface area contributed by atoms with Gasteiger partial charge in [-0.2, -0.15) is 0 Å². The van der Waals surface area contributed by atoms with Gasteiger partial charge in [0.2, 0.25) is 0 Å². The average molecular weight is 723 g/mol. The molecule has 4 aromatic rings. The third-order valence-corrected chi connectivity index (χ3v) is 11.7. The van der Waals surface area contributed by atoms with E-state index in [2.05, 4.69) is 10.0 Å². The molecule has 0 spiro atoms. The highest BCUT2D eigenvalue weighted by atomic mass is 32.2. The summed E-state index contributed by atoms with van der Waals surface area (Å²) in [6, 6.07) is 20.6. The molecule has 1 aliphatic heterocycles. The second-order valence-corrected chi connectivity index (χ2v) is 15.7. The monoisotopic (exact) mass is 722 g/mol. The number of rotatable bonds is 8. The zero-order valence-corrected chi connectivity index (χ0v) is 30.5. The molecule has 3 aromatic carbocycles. The number of anilines is 2. The van der Waals surface area contributed by atoms with Crippen molar-refractivity contribution in [2.75, 3.05) is 43.4 Å². The van der Waals surface area contributed by atoms with Crippen LogP contribution >= 0.6 is 11.3 Å². The van der Waals surface area contributed by atoms with Crippen LogP contribution in [0.1, 0.15) is 50.4 Å². The summed E-state index contributed by atoms with van der Waals surface area (Å²) in [5.41, 5.74) is 1.10. The van der Waals surface area contributed by atoms with Crippen molar-refractivity contribution in [3.8, 4) is 5.75 Å². The summed E-state index contributed by atoms with van der Waals surface area (Å²) in [5, 5.41) is 16.9. The number of sulfonamides is 1. The number of carbonyl (C=O) groups is 2. The maximum absolute atomic E-state index is 14.4. The molecule has 0 unspecified atom stereocenters. The van der Waals surface area contributed by atoms with E-state index in [1.165, 1.54) is 12.1 Å². The van der Waals surface area contributed by atoms with Crippen LogP contribution in [0.15, 0.2) is 82.4 Å². The SMILES string of the molecule is C[C@H]1CCCCO[C@H](CN(C)C(=O)Nc2cccc3ccccc23)[C@@H](C)CN([C@@H](C)CO)C(=O)c2cc(NS(=O)(=O)c3cccs3)ccc2O1. The molecule has 1 aliphatic rings. The summed E-state index contributed by atoms with van der Waals surface area (Å²) < 4.78 is 41.5. The highest BCUT2D eigenvalue weighted by Crippen LogP contribution is 2.30. The van der Waals surface area contributed by atoms with E-state index in [9.17, 15) is 23.1 Å². The molecule has 0 aliphatic carbocycles. The maximum atomic E-state index is 14.4. The minimum atomic E-state index is -3.86. The predicted molar refractivity (Wildman–Crippen MR) is 198 cm³/mol. The standard InChI is InChI=1S/C37H46N4O7S2/c1-25-22-41(26(2)24-42)36(43)31-21-29(39-50(45,46)35-16-10-20-49-35)17-18-33(31)48-27(3)11-7-8-19-47-34(25)23-40(4)37(44)38-32-15-9-13-28-12-5-6-14-30(28)32/h5-6,9-10,12-18,20-21,25-27,34,39,42H,7-8,11,19,22-24H2,1-4H3,(H,38,44)/t25-,26-,27-,34+/m0/s1. The predicted octanol–water partition coefficient (Wildman–Crippen LogP) is 6.66. The van der Waals surface area contributed by atoms with Gasteiger partial charge in [0.05, 0.1) is 36.1 Å². The molecular formula is C37H46N4O7S2. The third kappa shape index (κ3) is 9.13. The fourth-order valence-electron chi connectivity index (χ4n) is 5.97. The van der Waals surface area contributed by atoms with Crippen LogP contribution in [-0.4, -0.2) is 86.9 Å². The number of thiophene rings is 1. The lowest BCUT2D eigenvalue weighted by Crippen LogP contribution is -2.48. The molecule has 0 radical (unpaired) electrons. The number of nitrogens with zero attached hydrogens (tertiary/aromatic N) is 2. The molecule has 13 heteroatoms. The van der Waals surface area contributed by atoms with E-state index in [1.54, 1.807) is 47.4 Å². The van der Waals surface area contributed by atoms with Crippen molar-refractivity contribution in [3.05, 3.63) is 83.7 Å². The number of aliphatic hydroxyl groups excluding tert-OH is 1. The molecule has 2 heterocycles. The van der Waals surface area contributed by atoms with Gasteiger partial charge in [-0.05, 0) is 74.2 Å². The highest BCUT2D eigenvalue weighted by Gasteiger charge is 2.31. The van der Waals surface area contributed by atoms with E-state index in [0.29, 0.717) is 24.5 Å². The summed E-state index contributed by atoms with van der Waals surface area (Å²) in [4.78, 5) is 31.0. The zero-order valence-electron chi connectivity index (χ0n) is 28.9. The second-order valence-electron chi connectivity index (χ2n) is 12.9. The van der Waals surface area contributed by atoms with Crippen LogP contribution in [0.25, 0.3) is 10.8 Å². The lowest BCUT2D eigenvalue weighted by atomic mass is 10.0. The highest BCUT2D eigenvalue weighted by molar-refractivity contribution is 7.94. The van der Waals surface area contributed by atoms with Crippen molar-refractivity contribution in [2.24, 2.45) is 5.92 Å². The lowest BCUT2D eigenvalue weighted by molar-refractivity contribution is -0.0115. The summed E-state index contributed by atoms with van der Waals surface area (Å²) in [5.74, 6) is -0.345. The molecule has 3 amide bonds. The van der Waals surface area contributed by atoms with E-state index in [1.807, 2.05) is 56.3 Å². The number of fused-ring (bicyclic) bond motifs is 2. The Hall–Kier alpha value is -4.17. The molecule has 0 bridgehead atoms. The Morgan fingerprint density at radius 3 is 2.62 bits per heavy atom. The molecule has 0 fully saturated rings. The van der Waals surface area contributed by atoms with Gasteiger partial charge in [-0.1, -0.05) is 49.4 Å². The minimum Gasteiger partial charge on any atom is -0.490 e. The number of aliphatic hydroxyl groups is 1. The number of amides is 3. The first kappa shape index (κ1) is 37.1. The molecule has 4 atom stereocenters. The van der Waals surface area contributed by atoms with Crippen LogP contribution in [0, 0.1) is 5.92 Å². The first-order chi connectivity index (χ1) is 24.0. The molecule has 268 valence electrons. The number of likely N-dealkylation sites (N-methyl/N-ethyl adjacent to an activating group) is 1. The van der Waals surface area contributed by atoms with Crippen molar-refractivity contribution in [3.63, 3.8) is 0 Å². The van der Waals surface area contributed by atoms with Gasteiger partial charge in [-0.15, -0.1) is 11.3 Å². The van der Waals surface area contributed by atoms with Gasteiger partial charge in [0.15, 0.2) is 0 Å². The third-order valence-electron chi connectivity index (χ3n) is 8.90. The Morgan fingerprint density at radius 1 is 1.08 bits per heavy atom. The van der Waals surface area contributed by atoms with Crippen LogP contribution in [0.2, 0.25) is 0 Å². The van der Waals surface area contributed by atoms with E-state index in [0.717, 1.165) is 35.0 Å². The molecule has 0 saturated heterocycles. The fraction of sp³-hybridized carbons (Fsp3) is 0.405. The smallest absolute Gasteiger partial charge is 0.321 e. The Kier molecular flexibility index (Phi) is 12.4. The fourth-order valence-corrected chi connectivity index (χ4v) is 8.01. The number of ether oxygens (including phenoxy) is 2. The van der Waals surface area contributed by atoms with Crippen LogP contribution in [0.3, 0.4) is 0 Å². The summed E-state index contributed by atoms with van der Waals surface area (Å²) in [6.45, 7) is 6.27. The summed E-state index contributed by atoms with van der Waals surface area (Å²) in [7, 11) is -2.15. The molecule has 3 N–H and O–H groups in total. The van der Waals surface area contributed by atoms with E-state index >= 15 is 0 Å². The van der Waals surface area contributed by atoms with Crippen LogP contribution in [0.5, 0.6) is 5.75 Å². The van der Waals surface area contributed by atoms with E-state index in [4.69, 9.17) is 9.47 Å². The largest absolute Gasteiger partial charge is 0.490 e. The van der Waals surface area contributed by atoms with Crippen molar-refractivity contribution in [2.45, 2.75) is 62.5 Å². The molecular weight excluding hydrogens is 677 g/mol. The molecule has 5 rings (SSSR count). The molecule has 50 heavy (non-hydrogen) atoms. The number of nitrogens with one attached hydrogen (secondary N) is 2. The topological polar surface area (TPSA) is 138 Å². The average Bonchev–Trinajstić information content (AvgIpc) is 3.66. The Balaban J connectivity index is 1.40. The van der Waals surface area contributed by atoms with Gasteiger partial charge in [-0.3, -0.25) is 9.52 Å². The quantitative estimate of drug-likeness (QED) is 0.185. The van der Waals surface area contributed by atoms with Gasteiger partial charge in [0, 0.05) is 43.7 Å². The maximum Gasteiger partial charge on any atom is 0.321 e. The first-order valence-corrected chi connectivity index (χ1v) is 19.2. The normalized spacial score (nSPS) is 19.9. The first-order valence-electron chi connectivity index (χ1n) is 16.9. The van der Waals surface area contributed by atoms with Gasteiger partial charge in [0.1, 0.15) is 9.96 Å². The van der Waals surface area contributed by atoms with Crippen LogP contribution < -0.4 is 14.8 Å². The van der Waals surface area contributed by atoms with Crippen molar-refractivity contribution in [1.29, 1.82) is 0 Å². The number of urea groups is 1. The van der Waals surface area contributed by atoms with Gasteiger partial charge < -0.3 is 29.7 Å². The van der Waals surface area contributed by atoms with Crippen LogP contribution in [-0.2, 0) is 14.8 Å². The minimum absolute atomic E-state index is 0.153. The Bertz CT molecular complexity index is 1860. The number of benzene rings is 3. The van der Waals surface area contributed by atoms with E-state index < -0.39 is 28.1 Å². The Labute approximate surface area is 298 Å². The number of hydrogen-bond acceptors (Lipinski definition) is 8. The van der Waals surface area contributed by atoms with Gasteiger partial charge in [0.25, 0.3) is 15.9 Å². The summed E-state index contributed by atoms with van der Waals surface area (Å²) >= 11 is 1.09.